The molecule has 1 heterocycles. The quantitative estimate of drug-likeness (QED) is 0.243. The first-order valence-electron chi connectivity index (χ1n) is 10.3. The van der Waals surface area contributed by atoms with Crippen LogP contribution in [-0.4, -0.2) is 36.8 Å². The van der Waals surface area contributed by atoms with Crippen LogP contribution in [-0.2, 0) is 19.6 Å². The third kappa shape index (κ3) is 3.59. The highest BCUT2D eigenvalue weighted by Crippen LogP contribution is 2.60. The number of ether oxygens (including phenoxy) is 1. The average Bonchev–Trinajstić information content (AvgIpc) is 3.17. The minimum absolute atomic E-state index is 0.0246. The molecule has 0 N–H and O–H groups in total. The number of carbonyl (C=O) groups is 1. The highest BCUT2D eigenvalue weighted by atomic mass is 32.2. The lowest BCUT2D eigenvalue weighted by Gasteiger charge is -2.37. The number of hydrogen-bond donors (Lipinski definition) is 0. The van der Waals surface area contributed by atoms with Crippen LogP contribution in [0.25, 0.3) is 0 Å². The zero-order chi connectivity index (χ0) is 25.1. The molecular formula is C24H23N3O6S. The smallest absolute Gasteiger partial charge is 0.329 e. The molecule has 2 aromatic rings. The third-order valence-electron chi connectivity index (χ3n) is 6.12. The van der Waals surface area contributed by atoms with Crippen LogP contribution in [0, 0.1) is 32.3 Å². The van der Waals surface area contributed by atoms with Gasteiger partial charge >= 0.3 is 5.97 Å². The number of non-ortho nitro benzene ring substituents is 1. The van der Waals surface area contributed by atoms with Gasteiger partial charge in [0.1, 0.15) is 0 Å². The first kappa shape index (κ1) is 24.8. The van der Waals surface area contributed by atoms with Crippen molar-refractivity contribution >= 4 is 21.7 Å². The molecule has 3 rings (SSSR count). The number of sulfonamides is 1. The van der Waals surface area contributed by atoms with Gasteiger partial charge in [-0.1, -0.05) is 42.5 Å². The Kier molecular flexibility index (Phi) is 6.72. The molecule has 1 aliphatic heterocycles. The van der Waals surface area contributed by atoms with Crippen LogP contribution in [0.5, 0.6) is 0 Å². The van der Waals surface area contributed by atoms with Gasteiger partial charge in [0.05, 0.1) is 34.0 Å². The van der Waals surface area contributed by atoms with E-state index in [0.717, 1.165) is 28.6 Å². The summed E-state index contributed by atoms with van der Waals surface area (Å²) >= 11 is 0. The van der Waals surface area contributed by atoms with Crippen LogP contribution < -0.4 is 0 Å². The first-order chi connectivity index (χ1) is 16.1. The van der Waals surface area contributed by atoms with Crippen molar-refractivity contribution in [1.29, 1.82) is 5.26 Å². The van der Waals surface area contributed by atoms with Crippen molar-refractivity contribution in [3.8, 4) is 6.07 Å². The first-order valence-corrected chi connectivity index (χ1v) is 11.8. The van der Waals surface area contributed by atoms with Crippen molar-refractivity contribution < 1.29 is 22.9 Å². The number of esters is 1. The molecule has 0 unspecified atom stereocenters. The Morgan fingerprint density at radius 3 is 2.29 bits per heavy atom. The fourth-order valence-corrected chi connectivity index (χ4v) is 6.08. The molecule has 9 nitrogen and oxygen atoms in total. The number of nitrogens with zero attached hydrogens (tertiary/aromatic N) is 3. The minimum atomic E-state index is -4.34. The number of benzene rings is 2. The molecule has 0 amide bonds. The zero-order valence-corrected chi connectivity index (χ0v) is 19.3. The second-order valence-electron chi connectivity index (χ2n) is 7.70. The molecule has 1 saturated heterocycles. The monoisotopic (exact) mass is 481 g/mol. The van der Waals surface area contributed by atoms with Crippen molar-refractivity contribution in [3.05, 3.63) is 95.6 Å². The zero-order valence-electron chi connectivity index (χ0n) is 18.5. The summed E-state index contributed by atoms with van der Waals surface area (Å²) in [5.74, 6) is -0.896. The van der Waals surface area contributed by atoms with Crippen LogP contribution in [0.1, 0.15) is 18.5 Å². The van der Waals surface area contributed by atoms with Crippen molar-refractivity contribution in [3.63, 3.8) is 0 Å². The second-order valence-corrected chi connectivity index (χ2v) is 9.59. The van der Waals surface area contributed by atoms with Crippen LogP contribution >= 0.6 is 0 Å². The van der Waals surface area contributed by atoms with Gasteiger partial charge in [-0.15, -0.1) is 13.2 Å². The Bertz CT molecular complexity index is 1260. The lowest BCUT2D eigenvalue weighted by molar-refractivity contribution is -0.384. The lowest BCUT2D eigenvalue weighted by atomic mass is 9.62. The Labute approximate surface area is 197 Å². The van der Waals surface area contributed by atoms with E-state index in [-0.39, 0.29) is 23.7 Å². The van der Waals surface area contributed by atoms with E-state index in [0.29, 0.717) is 5.56 Å². The topological polar surface area (TPSA) is 131 Å². The van der Waals surface area contributed by atoms with Gasteiger partial charge in [-0.3, -0.25) is 14.9 Å². The molecule has 0 bridgehead atoms. The Balaban J connectivity index is 2.33. The van der Waals surface area contributed by atoms with E-state index in [9.17, 15) is 28.6 Å². The fourth-order valence-electron chi connectivity index (χ4n) is 4.39. The van der Waals surface area contributed by atoms with Crippen LogP contribution in [0.15, 0.2) is 84.8 Å². The molecule has 2 aromatic carbocycles. The summed E-state index contributed by atoms with van der Waals surface area (Å²) in [5.41, 5.74) is -3.39. The summed E-state index contributed by atoms with van der Waals surface area (Å²) in [6, 6.07) is 13.5. The van der Waals surface area contributed by atoms with E-state index in [4.69, 9.17) is 4.74 Å². The highest BCUT2D eigenvalue weighted by Gasteiger charge is 2.69. The number of hydrogen-bond acceptors (Lipinski definition) is 7. The van der Waals surface area contributed by atoms with Crippen molar-refractivity contribution in [2.45, 2.75) is 17.9 Å². The van der Waals surface area contributed by atoms with Crippen molar-refractivity contribution in [1.82, 2.24) is 4.31 Å². The number of carbonyl (C=O) groups excluding carboxylic acids is 1. The van der Waals surface area contributed by atoms with Gasteiger partial charge in [0.2, 0.25) is 10.0 Å². The SMILES string of the molecule is C=CC1(C=C)CN(S(=O)(=O)c2ccc([N+](=O)[O-])cc2)[C@@H](c2ccccc2)[C@]1(C#N)C(=O)OCC. The molecule has 0 spiro atoms. The third-order valence-corrected chi connectivity index (χ3v) is 7.95. The minimum Gasteiger partial charge on any atom is -0.465 e. The van der Waals surface area contributed by atoms with Gasteiger partial charge in [0, 0.05) is 18.7 Å². The van der Waals surface area contributed by atoms with Gasteiger partial charge in [-0.05, 0) is 24.6 Å². The van der Waals surface area contributed by atoms with Gasteiger partial charge < -0.3 is 4.74 Å². The summed E-state index contributed by atoms with van der Waals surface area (Å²) in [6.45, 7) is 8.84. The van der Waals surface area contributed by atoms with Crippen LogP contribution in [0.3, 0.4) is 0 Å². The summed E-state index contributed by atoms with van der Waals surface area (Å²) in [4.78, 5) is 23.6. The summed E-state index contributed by atoms with van der Waals surface area (Å²) < 4.78 is 34.0. The van der Waals surface area contributed by atoms with Gasteiger partial charge in [0.25, 0.3) is 5.69 Å². The van der Waals surface area contributed by atoms with Gasteiger partial charge in [-0.2, -0.15) is 9.57 Å². The van der Waals surface area contributed by atoms with Crippen molar-refractivity contribution in [2.75, 3.05) is 13.2 Å². The molecule has 2 atom stereocenters. The van der Waals surface area contributed by atoms with E-state index >= 15 is 0 Å². The molecule has 10 heteroatoms. The van der Waals surface area contributed by atoms with E-state index < -0.39 is 37.8 Å². The molecule has 176 valence electrons. The maximum absolute atomic E-state index is 13.8. The van der Waals surface area contributed by atoms with E-state index in [1.807, 2.05) is 0 Å². The van der Waals surface area contributed by atoms with E-state index in [2.05, 4.69) is 19.2 Å². The number of nitriles is 1. The second kappa shape index (κ2) is 9.21. The number of nitro groups is 1. The van der Waals surface area contributed by atoms with E-state index in [1.54, 1.807) is 37.3 Å². The van der Waals surface area contributed by atoms with Crippen LogP contribution in [0.4, 0.5) is 5.69 Å². The Morgan fingerprint density at radius 2 is 1.82 bits per heavy atom. The van der Waals surface area contributed by atoms with Crippen molar-refractivity contribution in [2.24, 2.45) is 10.8 Å². The number of nitro benzene ring substituents is 1. The average molecular weight is 482 g/mol. The largest absolute Gasteiger partial charge is 0.465 e. The normalized spacial score (nSPS) is 21.8. The molecule has 0 aromatic heterocycles. The molecule has 0 radical (unpaired) electrons. The lowest BCUT2D eigenvalue weighted by Crippen LogP contribution is -2.46. The Hall–Kier alpha value is -3.81. The molecule has 34 heavy (non-hydrogen) atoms. The number of rotatable bonds is 8. The molecular weight excluding hydrogens is 458 g/mol. The summed E-state index contributed by atoms with van der Waals surface area (Å²) in [7, 11) is -4.34. The molecule has 0 saturated carbocycles. The maximum atomic E-state index is 13.8. The van der Waals surface area contributed by atoms with Gasteiger partial charge in [-0.25, -0.2) is 8.42 Å². The molecule has 1 fully saturated rings. The van der Waals surface area contributed by atoms with E-state index in [1.165, 1.54) is 12.2 Å². The molecule has 0 aliphatic carbocycles. The predicted molar refractivity (Wildman–Crippen MR) is 124 cm³/mol. The fraction of sp³-hybridized carbons (Fsp3) is 0.250. The predicted octanol–water partition coefficient (Wildman–Crippen LogP) is 3.77. The Morgan fingerprint density at radius 1 is 1.24 bits per heavy atom. The highest BCUT2D eigenvalue weighted by molar-refractivity contribution is 7.89. The van der Waals surface area contributed by atoms with Gasteiger partial charge in [0.15, 0.2) is 5.41 Å². The standard InChI is InChI=1S/C24H23N3O6S/c1-4-23(5-2)17-26(34(31,32)20-14-12-19(13-15-20)27(29)30)21(18-10-8-7-9-11-18)24(23,16-25)22(28)33-6-3/h4-5,7-15,21H,1-2,6,17H2,3H3/t21-,24+/m0/s1. The molecule has 1 aliphatic rings. The van der Waals surface area contributed by atoms with Crippen LogP contribution in [0.2, 0.25) is 0 Å². The summed E-state index contributed by atoms with van der Waals surface area (Å²) in [5, 5.41) is 21.5. The summed E-state index contributed by atoms with van der Waals surface area (Å²) in [6.07, 6.45) is 2.70. The maximum Gasteiger partial charge on any atom is 0.329 e.